The molecule has 8 nitrogen and oxygen atoms in total. The van der Waals surface area contributed by atoms with E-state index in [1.165, 1.54) is 23.2 Å². The summed E-state index contributed by atoms with van der Waals surface area (Å²) in [6.45, 7) is 12.1. The molecule has 8 heteroatoms. The number of anilines is 1. The number of fused-ring (bicyclic) bond motifs is 1. The van der Waals surface area contributed by atoms with Crippen LogP contribution in [0, 0.1) is 12.8 Å². The van der Waals surface area contributed by atoms with Crippen LogP contribution in [0.4, 0.5) is 10.5 Å². The van der Waals surface area contributed by atoms with E-state index in [0.717, 1.165) is 56.4 Å². The highest BCUT2D eigenvalue weighted by Crippen LogP contribution is 2.41. The van der Waals surface area contributed by atoms with Crippen LogP contribution in [0.15, 0.2) is 83.9 Å². The molecule has 6 rings (SSSR count). The van der Waals surface area contributed by atoms with Gasteiger partial charge in [-0.3, -0.25) is 15.1 Å². The van der Waals surface area contributed by atoms with E-state index in [2.05, 4.69) is 78.3 Å². The average molecular weight is 662 g/mol. The highest BCUT2D eigenvalue weighted by molar-refractivity contribution is 5.95. The lowest BCUT2D eigenvalue weighted by Gasteiger charge is -2.42. The molecule has 1 aromatic heterocycles. The van der Waals surface area contributed by atoms with Gasteiger partial charge in [-0.1, -0.05) is 55.8 Å². The molecule has 1 unspecified atom stereocenters. The number of carbonyl (C=O) groups is 2. The van der Waals surface area contributed by atoms with Crippen LogP contribution in [0.5, 0.6) is 0 Å². The first-order chi connectivity index (χ1) is 23.5. The standard InChI is InChI=1S/C41H51N5O3/c1-6-12-31-27-34(46-29(2)43-35-15-10-11-16-37(35)46)28-36(31)42-24-21-41(32-13-8-7-9-14-32)22-25-45(26-23-41)38(47)30-17-19-33(20-18-30)44-39(48)49-40(3,4)5/h7-11,13-20,31,34H,6,12,21-28H2,1-5H3,(H,44,48)/t31?,34-/m1/s1. The molecular formula is C41H51N5O3. The van der Waals surface area contributed by atoms with E-state index >= 15 is 0 Å². The van der Waals surface area contributed by atoms with Crippen molar-refractivity contribution in [1.82, 2.24) is 14.5 Å². The Morgan fingerprint density at radius 2 is 1.67 bits per heavy atom. The largest absolute Gasteiger partial charge is 0.444 e. The maximum atomic E-state index is 13.6. The summed E-state index contributed by atoms with van der Waals surface area (Å²) in [6.07, 6.45) is 6.66. The summed E-state index contributed by atoms with van der Waals surface area (Å²) >= 11 is 0. The lowest BCUT2D eigenvalue weighted by Crippen LogP contribution is -2.45. The van der Waals surface area contributed by atoms with Crippen LogP contribution >= 0.6 is 0 Å². The van der Waals surface area contributed by atoms with Gasteiger partial charge in [0, 0.05) is 54.5 Å². The molecule has 1 saturated carbocycles. The van der Waals surface area contributed by atoms with Crippen LogP contribution in [0.3, 0.4) is 0 Å². The number of rotatable bonds is 9. The molecule has 0 radical (unpaired) electrons. The van der Waals surface area contributed by atoms with Crippen LogP contribution in [0.2, 0.25) is 0 Å². The molecule has 2 atom stereocenters. The van der Waals surface area contributed by atoms with Crippen molar-refractivity contribution >= 4 is 34.4 Å². The smallest absolute Gasteiger partial charge is 0.412 e. The van der Waals surface area contributed by atoms with Gasteiger partial charge in [-0.05, 0) is 108 Å². The number of benzene rings is 3. The zero-order valence-corrected chi connectivity index (χ0v) is 29.7. The van der Waals surface area contributed by atoms with Crippen LogP contribution in [0.1, 0.15) is 100 Å². The molecule has 2 fully saturated rings. The van der Waals surface area contributed by atoms with Crippen LogP contribution < -0.4 is 5.32 Å². The summed E-state index contributed by atoms with van der Waals surface area (Å²) in [5, 5.41) is 2.74. The topological polar surface area (TPSA) is 88.8 Å². The number of aliphatic imine (C=N–C) groups is 1. The number of imidazole rings is 1. The number of piperidine rings is 1. The van der Waals surface area contributed by atoms with E-state index in [0.29, 0.717) is 36.3 Å². The summed E-state index contributed by atoms with van der Waals surface area (Å²) in [4.78, 5) is 37.9. The number of nitrogens with zero attached hydrogens (tertiary/aromatic N) is 4. The molecule has 49 heavy (non-hydrogen) atoms. The van der Waals surface area contributed by atoms with Crippen LogP contribution in [0.25, 0.3) is 11.0 Å². The molecule has 2 amide bonds. The summed E-state index contributed by atoms with van der Waals surface area (Å²) in [5.41, 5.74) is 5.60. The third kappa shape index (κ3) is 7.90. The molecule has 1 N–H and O–H groups in total. The zero-order valence-electron chi connectivity index (χ0n) is 29.7. The van der Waals surface area contributed by atoms with Gasteiger partial charge in [-0.15, -0.1) is 0 Å². The van der Waals surface area contributed by atoms with Gasteiger partial charge < -0.3 is 14.2 Å². The SMILES string of the molecule is CCCC1C[C@@H](n2c(C)nc3ccccc32)CC1=NCCC1(c2ccccc2)CCN(C(=O)c2ccc(NC(=O)OC(C)(C)C)cc2)CC1. The third-order valence-electron chi connectivity index (χ3n) is 10.3. The number of aryl methyl sites for hydroxylation is 1. The number of hydrogen-bond donors (Lipinski definition) is 1. The Kier molecular flexibility index (Phi) is 10.2. The van der Waals surface area contributed by atoms with E-state index in [4.69, 9.17) is 14.7 Å². The van der Waals surface area contributed by atoms with Crippen molar-refractivity contribution in [2.24, 2.45) is 10.9 Å². The average Bonchev–Trinajstić information content (AvgIpc) is 3.63. The van der Waals surface area contributed by atoms with E-state index in [-0.39, 0.29) is 11.3 Å². The van der Waals surface area contributed by atoms with Crippen LogP contribution in [-0.4, -0.2) is 57.4 Å². The van der Waals surface area contributed by atoms with Crippen molar-refractivity contribution in [3.63, 3.8) is 0 Å². The molecule has 0 spiro atoms. The molecule has 2 heterocycles. The number of nitrogens with one attached hydrogen (secondary N) is 1. The Hall–Kier alpha value is -4.46. The van der Waals surface area contributed by atoms with Crippen molar-refractivity contribution in [3.05, 3.63) is 95.8 Å². The molecule has 1 aliphatic heterocycles. The highest BCUT2D eigenvalue weighted by atomic mass is 16.6. The third-order valence-corrected chi connectivity index (χ3v) is 10.3. The van der Waals surface area contributed by atoms with Crippen molar-refractivity contribution in [1.29, 1.82) is 0 Å². The number of hydrogen-bond acceptors (Lipinski definition) is 5. The van der Waals surface area contributed by atoms with Gasteiger partial charge in [0.25, 0.3) is 5.91 Å². The second-order valence-electron chi connectivity index (χ2n) is 14.9. The first-order valence-electron chi connectivity index (χ1n) is 18.0. The lowest BCUT2D eigenvalue weighted by atomic mass is 9.70. The normalized spacial score (nSPS) is 20.1. The fraction of sp³-hybridized carbons (Fsp3) is 0.463. The Morgan fingerprint density at radius 1 is 0.980 bits per heavy atom. The van der Waals surface area contributed by atoms with Gasteiger partial charge in [-0.25, -0.2) is 9.78 Å². The number of para-hydroxylation sites is 2. The fourth-order valence-electron chi connectivity index (χ4n) is 7.93. The second-order valence-corrected chi connectivity index (χ2v) is 14.9. The molecular weight excluding hydrogens is 610 g/mol. The van der Waals surface area contributed by atoms with Gasteiger partial charge >= 0.3 is 6.09 Å². The Bertz CT molecular complexity index is 1780. The predicted octanol–water partition coefficient (Wildman–Crippen LogP) is 9.15. The predicted molar refractivity (Wildman–Crippen MR) is 198 cm³/mol. The van der Waals surface area contributed by atoms with E-state index in [1.807, 2.05) is 25.7 Å². The van der Waals surface area contributed by atoms with E-state index in [1.54, 1.807) is 24.3 Å². The van der Waals surface area contributed by atoms with Crippen molar-refractivity contribution in [2.75, 3.05) is 25.0 Å². The molecule has 3 aromatic carbocycles. The van der Waals surface area contributed by atoms with Gasteiger partial charge in [0.2, 0.25) is 0 Å². The first kappa shape index (κ1) is 34.4. The first-order valence-corrected chi connectivity index (χ1v) is 18.0. The molecule has 1 saturated heterocycles. The van der Waals surface area contributed by atoms with Crippen molar-refractivity contribution in [2.45, 2.75) is 96.6 Å². The minimum absolute atomic E-state index is 0.0208. The number of likely N-dealkylation sites (tertiary alicyclic amines) is 1. The maximum Gasteiger partial charge on any atom is 0.412 e. The summed E-state index contributed by atoms with van der Waals surface area (Å²) in [5.74, 6) is 1.61. The quantitative estimate of drug-likeness (QED) is 0.194. The maximum absolute atomic E-state index is 13.6. The van der Waals surface area contributed by atoms with Gasteiger partial charge in [0.1, 0.15) is 11.4 Å². The monoisotopic (exact) mass is 661 g/mol. The number of ether oxygens (including phenoxy) is 1. The van der Waals surface area contributed by atoms with Crippen molar-refractivity contribution in [3.8, 4) is 0 Å². The summed E-state index contributed by atoms with van der Waals surface area (Å²) < 4.78 is 7.79. The van der Waals surface area contributed by atoms with E-state index in [9.17, 15) is 9.59 Å². The minimum atomic E-state index is -0.580. The van der Waals surface area contributed by atoms with Gasteiger partial charge in [0.05, 0.1) is 11.0 Å². The van der Waals surface area contributed by atoms with E-state index < -0.39 is 11.7 Å². The molecule has 4 aromatic rings. The van der Waals surface area contributed by atoms with Gasteiger partial charge in [0.15, 0.2) is 0 Å². The molecule has 2 aliphatic rings. The fourth-order valence-corrected chi connectivity index (χ4v) is 7.93. The zero-order chi connectivity index (χ0) is 34.6. The Morgan fingerprint density at radius 3 is 2.37 bits per heavy atom. The summed E-state index contributed by atoms with van der Waals surface area (Å²) in [6, 6.07) is 26.8. The number of carbonyl (C=O) groups excluding carboxylic acids is 2. The molecule has 1 aliphatic carbocycles. The van der Waals surface area contributed by atoms with Gasteiger partial charge in [-0.2, -0.15) is 0 Å². The molecule has 258 valence electrons. The Balaban J connectivity index is 1.12. The highest BCUT2D eigenvalue weighted by Gasteiger charge is 2.38. The minimum Gasteiger partial charge on any atom is -0.444 e. The second kappa shape index (κ2) is 14.6. The molecule has 0 bridgehead atoms. The lowest BCUT2D eigenvalue weighted by molar-refractivity contribution is 0.0633. The van der Waals surface area contributed by atoms with Crippen LogP contribution in [-0.2, 0) is 10.2 Å². The summed E-state index contributed by atoms with van der Waals surface area (Å²) in [7, 11) is 0. The Labute approximate surface area is 291 Å². The number of amides is 2. The number of aromatic nitrogens is 2. The van der Waals surface area contributed by atoms with Crippen molar-refractivity contribution < 1.29 is 14.3 Å².